The van der Waals surface area contributed by atoms with Crippen molar-refractivity contribution in [2.24, 2.45) is 34.5 Å². The molecule has 1 spiro atoms. The Balaban J connectivity index is 0.000000704. The molecule has 4 unspecified atom stereocenters. The molecule has 0 radical (unpaired) electrons. The zero-order valence-electron chi connectivity index (χ0n) is 22.9. The molecule has 4 aliphatic rings. The first-order valence-corrected chi connectivity index (χ1v) is 13.6. The molecule has 0 aromatic heterocycles. The Morgan fingerprint density at radius 2 is 1.32 bits per heavy atom. The van der Waals surface area contributed by atoms with Crippen LogP contribution in [-0.4, -0.2) is 0 Å². The van der Waals surface area contributed by atoms with Crippen molar-refractivity contribution < 1.29 is 0 Å². The van der Waals surface area contributed by atoms with Crippen LogP contribution >= 0.6 is 0 Å². The smallest absolute Gasteiger partial charge is 0.00406 e. The van der Waals surface area contributed by atoms with E-state index in [1.54, 1.807) is 0 Å². The summed E-state index contributed by atoms with van der Waals surface area (Å²) >= 11 is 0. The molecule has 2 fully saturated rings. The molecule has 180 valence electrons. The standard InChI is InChI=1S/C20H26.C5H12.3C2H6/c1-6-12-20(13-7-1)15-17-10-4-5-11-18(17)19(20)14-16-8-2-3-9-16;1-5(2,3)4;3*1-2/h1,4-7,10-12,16-19H,2-3,8-9,13-15H2;1-4H3;3*1-2H3. The van der Waals surface area contributed by atoms with E-state index in [0.29, 0.717) is 10.8 Å². The van der Waals surface area contributed by atoms with Crippen LogP contribution in [0.25, 0.3) is 0 Å². The highest BCUT2D eigenvalue weighted by atomic mass is 14.5. The van der Waals surface area contributed by atoms with Gasteiger partial charge in [-0.1, -0.05) is 144 Å². The highest BCUT2D eigenvalue weighted by Crippen LogP contribution is 2.58. The number of hydrogen-bond donors (Lipinski definition) is 0. The van der Waals surface area contributed by atoms with E-state index in [4.69, 9.17) is 0 Å². The van der Waals surface area contributed by atoms with Crippen LogP contribution in [-0.2, 0) is 0 Å². The Labute approximate surface area is 197 Å². The molecule has 4 atom stereocenters. The number of hydrogen-bond acceptors (Lipinski definition) is 0. The molecule has 0 N–H and O–H groups in total. The van der Waals surface area contributed by atoms with Gasteiger partial charge in [0, 0.05) is 0 Å². The van der Waals surface area contributed by atoms with Crippen molar-refractivity contribution in [3.8, 4) is 0 Å². The van der Waals surface area contributed by atoms with E-state index in [1.165, 1.54) is 44.9 Å². The quantitative estimate of drug-likeness (QED) is 0.410. The fourth-order valence-corrected chi connectivity index (χ4v) is 5.39. The first-order chi connectivity index (χ1) is 14.9. The minimum Gasteiger partial charge on any atom is -0.0837 e. The molecule has 2 saturated carbocycles. The van der Waals surface area contributed by atoms with Crippen LogP contribution in [0.5, 0.6) is 0 Å². The molecule has 0 nitrogen and oxygen atoms in total. The molecular weight excluding hydrogens is 372 g/mol. The van der Waals surface area contributed by atoms with Gasteiger partial charge in [-0.3, -0.25) is 0 Å². The largest absolute Gasteiger partial charge is 0.0837 e. The highest BCUT2D eigenvalue weighted by Gasteiger charge is 2.50. The topological polar surface area (TPSA) is 0 Å². The van der Waals surface area contributed by atoms with Crippen LogP contribution in [0.2, 0.25) is 0 Å². The molecule has 31 heavy (non-hydrogen) atoms. The van der Waals surface area contributed by atoms with Gasteiger partial charge in [-0.05, 0) is 53.8 Å². The summed E-state index contributed by atoms with van der Waals surface area (Å²) in [5, 5.41) is 0. The zero-order chi connectivity index (χ0) is 23.9. The minimum absolute atomic E-state index is 0.464. The summed E-state index contributed by atoms with van der Waals surface area (Å²) in [7, 11) is 0. The summed E-state index contributed by atoms with van der Waals surface area (Å²) in [5.74, 6) is 3.48. The van der Waals surface area contributed by atoms with Crippen molar-refractivity contribution in [3.63, 3.8) is 0 Å². The zero-order valence-corrected chi connectivity index (χ0v) is 22.9. The molecule has 0 saturated heterocycles. The van der Waals surface area contributed by atoms with Crippen molar-refractivity contribution in [2.45, 2.75) is 114 Å². The van der Waals surface area contributed by atoms with Crippen LogP contribution in [0.15, 0.2) is 48.6 Å². The predicted octanol–water partition coefficient (Wildman–Crippen LogP) is 10.6. The van der Waals surface area contributed by atoms with Gasteiger partial charge in [-0.15, -0.1) is 0 Å². The Morgan fingerprint density at radius 1 is 0.774 bits per heavy atom. The van der Waals surface area contributed by atoms with E-state index < -0.39 is 0 Å². The van der Waals surface area contributed by atoms with Crippen LogP contribution in [0.1, 0.15) is 114 Å². The minimum atomic E-state index is 0.464. The van der Waals surface area contributed by atoms with E-state index in [-0.39, 0.29) is 0 Å². The van der Waals surface area contributed by atoms with Gasteiger partial charge in [0.2, 0.25) is 0 Å². The number of allylic oxidation sites excluding steroid dienone is 8. The maximum atomic E-state index is 2.56. The van der Waals surface area contributed by atoms with Crippen molar-refractivity contribution >= 4 is 0 Å². The van der Waals surface area contributed by atoms with E-state index in [2.05, 4.69) is 76.3 Å². The summed E-state index contributed by atoms with van der Waals surface area (Å²) < 4.78 is 0. The third-order valence-electron chi connectivity index (χ3n) is 6.35. The van der Waals surface area contributed by atoms with E-state index >= 15 is 0 Å². The first kappa shape index (κ1) is 30.0. The number of rotatable bonds is 2. The molecular formula is C31H56. The Kier molecular flexibility index (Phi) is 15.2. The van der Waals surface area contributed by atoms with Crippen LogP contribution in [0.3, 0.4) is 0 Å². The van der Waals surface area contributed by atoms with Gasteiger partial charge in [0.25, 0.3) is 0 Å². The second kappa shape index (κ2) is 15.7. The first-order valence-electron chi connectivity index (χ1n) is 13.6. The fourth-order valence-electron chi connectivity index (χ4n) is 5.39. The normalized spacial score (nSPS) is 30.1. The van der Waals surface area contributed by atoms with Crippen molar-refractivity contribution in [2.75, 3.05) is 0 Å². The molecule has 0 aromatic carbocycles. The molecule has 4 aliphatic carbocycles. The monoisotopic (exact) mass is 428 g/mol. The van der Waals surface area contributed by atoms with E-state index in [0.717, 1.165) is 23.7 Å². The maximum Gasteiger partial charge on any atom is -0.00406 e. The van der Waals surface area contributed by atoms with E-state index in [1.807, 2.05) is 41.5 Å². The molecule has 0 aromatic rings. The Morgan fingerprint density at radius 3 is 1.84 bits per heavy atom. The molecule has 0 amide bonds. The lowest BCUT2D eigenvalue weighted by Crippen LogP contribution is -2.28. The predicted molar refractivity (Wildman–Crippen MR) is 144 cm³/mol. The van der Waals surface area contributed by atoms with Crippen molar-refractivity contribution in [1.29, 1.82) is 0 Å². The summed E-state index contributed by atoms with van der Waals surface area (Å²) in [6.07, 6.45) is 29.1. The third-order valence-corrected chi connectivity index (χ3v) is 6.35. The Bertz CT molecular complexity index is 541. The van der Waals surface area contributed by atoms with Gasteiger partial charge in [-0.25, -0.2) is 0 Å². The van der Waals surface area contributed by atoms with Gasteiger partial charge >= 0.3 is 0 Å². The van der Waals surface area contributed by atoms with Gasteiger partial charge in [0.05, 0.1) is 0 Å². The van der Waals surface area contributed by atoms with Crippen LogP contribution in [0.4, 0.5) is 0 Å². The summed E-state index contributed by atoms with van der Waals surface area (Å²) in [5.41, 5.74) is 0.964. The second-order valence-corrected chi connectivity index (χ2v) is 10.4. The van der Waals surface area contributed by atoms with E-state index in [9.17, 15) is 0 Å². The average Bonchev–Trinajstić information content (AvgIpc) is 3.39. The second-order valence-electron chi connectivity index (χ2n) is 10.4. The summed E-state index contributed by atoms with van der Waals surface area (Å²) in [6, 6.07) is 0. The highest BCUT2D eigenvalue weighted by molar-refractivity contribution is 5.27. The molecule has 0 bridgehead atoms. The summed E-state index contributed by atoms with van der Waals surface area (Å²) in [4.78, 5) is 0. The van der Waals surface area contributed by atoms with Gasteiger partial charge in [0.15, 0.2) is 0 Å². The fraction of sp³-hybridized carbons (Fsp3) is 0.742. The third kappa shape index (κ3) is 9.97. The number of fused-ring (bicyclic) bond motifs is 1. The molecule has 0 heterocycles. The maximum absolute atomic E-state index is 2.56. The van der Waals surface area contributed by atoms with Gasteiger partial charge < -0.3 is 0 Å². The van der Waals surface area contributed by atoms with Gasteiger partial charge in [-0.2, -0.15) is 0 Å². The lowest BCUT2D eigenvalue weighted by atomic mass is 9.68. The average molecular weight is 429 g/mol. The Hall–Kier alpha value is -1.04. The lowest BCUT2D eigenvalue weighted by Gasteiger charge is -2.36. The summed E-state index contributed by atoms with van der Waals surface area (Å²) in [6.45, 7) is 20.8. The van der Waals surface area contributed by atoms with Crippen molar-refractivity contribution in [1.82, 2.24) is 0 Å². The van der Waals surface area contributed by atoms with Gasteiger partial charge in [0.1, 0.15) is 0 Å². The van der Waals surface area contributed by atoms with Crippen LogP contribution < -0.4 is 0 Å². The molecule has 0 heteroatoms. The van der Waals surface area contributed by atoms with Crippen LogP contribution in [0, 0.1) is 34.5 Å². The molecule has 0 aliphatic heterocycles. The van der Waals surface area contributed by atoms with Crippen molar-refractivity contribution in [3.05, 3.63) is 48.6 Å². The SMILES string of the molecule is C1=CCC2(C=C1)CC1C=CC=CC1C2CC1CCCC1.CC.CC.CC.CC(C)(C)C. The molecule has 4 rings (SSSR count). The lowest BCUT2D eigenvalue weighted by molar-refractivity contribution is 0.202.